The van der Waals surface area contributed by atoms with E-state index in [2.05, 4.69) is 6.92 Å². The average Bonchev–Trinajstić information content (AvgIpc) is 2.82. The van der Waals surface area contributed by atoms with Gasteiger partial charge in [-0.3, -0.25) is 9.59 Å². The molecular weight excluding hydrogens is 294 g/mol. The standard InChI is InChI=1S/C15H20ClNO2S/c1-3-13-15(12(19)5-4-7-16)11-6-8-17(10(2)18)9-14(11)20-13/h3-9H2,1-2H3. The predicted molar refractivity (Wildman–Crippen MR) is 82.8 cm³/mol. The molecular formula is C15H20ClNO2S. The Bertz CT molecular complexity index is 524. The van der Waals surface area contributed by atoms with E-state index < -0.39 is 0 Å². The van der Waals surface area contributed by atoms with Crippen molar-refractivity contribution in [1.29, 1.82) is 0 Å². The molecule has 2 rings (SSSR count). The highest BCUT2D eigenvalue weighted by molar-refractivity contribution is 7.12. The molecule has 0 atom stereocenters. The molecule has 110 valence electrons. The Balaban J connectivity index is 2.29. The van der Waals surface area contributed by atoms with Crippen LogP contribution in [0.3, 0.4) is 0 Å². The number of amides is 1. The van der Waals surface area contributed by atoms with Crippen molar-refractivity contribution in [1.82, 2.24) is 4.90 Å². The van der Waals surface area contributed by atoms with E-state index in [-0.39, 0.29) is 11.7 Å². The summed E-state index contributed by atoms with van der Waals surface area (Å²) >= 11 is 7.38. The molecule has 3 nitrogen and oxygen atoms in total. The summed E-state index contributed by atoms with van der Waals surface area (Å²) in [5, 5.41) is 0. The molecule has 1 aliphatic rings. The zero-order valence-electron chi connectivity index (χ0n) is 12.0. The number of halogens is 1. The fourth-order valence-electron chi connectivity index (χ4n) is 2.65. The van der Waals surface area contributed by atoms with Gasteiger partial charge in [-0.25, -0.2) is 0 Å². The first-order valence-electron chi connectivity index (χ1n) is 7.06. The van der Waals surface area contributed by atoms with Gasteiger partial charge in [0.2, 0.25) is 5.91 Å². The van der Waals surface area contributed by atoms with E-state index in [0.717, 1.165) is 31.4 Å². The number of thiophene rings is 1. The molecule has 0 aliphatic carbocycles. The molecule has 0 radical (unpaired) electrons. The van der Waals surface area contributed by atoms with Gasteiger partial charge in [0.05, 0.1) is 6.54 Å². The largest absolute Gasteiger partial charge is 0.337 e. The summed E-state index contributed by atoms with van der Waals surface area (Å²) in [6.45, 7) is 5.06. The van der Waals surface area contributed by atoms with Gasteiger partial charge < -0.3 is 4.90 Å². The number of rotatable bonds is 5. The number of hydrogen-bond donors (Lipinski definition) is 0. The van der Waals surface area contributed by atoms with Crippen molar-refractivity contribution < 1.29 is 9.59 Å². The molecule has 1 amide bonds. The van der Waals surface area contributed by atoms with E-state index in [1.165, 1.54) is 15.3 Å². The van der Waals surface area contributed by atoms with Crippen LogP contribution in [0.15, 0.2) is 0 Å². The zero-order chi connectivity index (χ0) is 14.7. The Labute approximate surface area is 128 Å². The molecule has 0 bridgehead atoms. The number of Topliss-reactive ketones (excluding diaryl/α,β-unsaturated/α-hetero) is 1. The van der Waals surface area contributed by atoms with Crippen molar-refractivity contribution in [2.75, 3.05) is 12.4 Å². The highest BCUT2D eigenvalue weighted by Gasteiger charge is 2.27. The summed E-state index contributed by atoms with van der Waals surface area (Å²) in [4.78, 5) is 28.1. The lowest BCUT2D eigenvalue weighted by Crippen LogP contribution is -2.33. The molecule has 20 heavy (non-hydrogen) atoms. The van der Waals surface area contributed by atoms with Gasteiger partial charge in [-0.05, 0) is 24.8 Å². The van der Waals surface area contributed by atoms with Crippen molar-refractivity contribution in [3.8, 4) is 0 Å². The van der Waals surface area contributed by atoms with Gasteiger partial charge in [-0.2, -0.15) is 0 Å². The summed E-state index contributed by atoms with van der Waals surface area (Å²) in [5.41, 5.74) is 2.12. The molecule has 0 saturated heterocycles. The van der Waals surface area contributed by atoms with Crippen LogP contribution in [-0.4, -0.2) is 29.0 Å². The minimum absolute atomic E-state index is 0.108. The number of fused-ring (bicyclic) bond motifs is 1. The van der Waals surface area contributed by atoms with Gasteiger partial charge in [0.15, 0.2) is 5.78 Å². The number of ketones is 1. The van der Waals surface area contributed by atoms with Gasteiger partial charge in [-0.1, -0.05) is 6.92 Å². The lowest BCUT2D eigenvalue weighted by molar-refractivity contribution is -0.129. The van der Waals surface area contributed by atoms with Gasteiger partial charge in [0, 0.05) is 41.1 Å². The second-order valence-electron chi connectivity index (χ2n) is 5.06. The van der Waals surface area contributed by atoms with Crippen molar-refractivity contribution in [3.05, 3.63) is 20.9 Å². The van der Waals surface area contributed by atoms with Crippen LogP contribution < -0.4 is 0 Å². The molecule has 0 unspecified atom stereocenters. The lowest BCUT2D eigenvalue weighted by atomic mass is 9.96. The summed E-state index contributed by atoms with van der Waals surface area (Å²) in [6, 6.07) is 0. The summed E-state index contributed by atoms with van der Waals surface area (Å²) in [5.74, 6) is 0.853. The van der Waals surface area contributed by atoms with Crippen molar-refractivity contribution >= 4 is 34.6 Å². The first-order valence-corrected chi connectivity index (χ1v) is 8.41. The van der Waals surface area contributed by atoms with Crippen molar-refractivity contribution in [2.45, 2.75) is 46.1 Å². The lowest BCUT2D eigenvalue weighted by Gasteiger charge is -2.26. The highest BCUT2D eigenvalue weighted by atomic mass is 35.5. The maximum absolute atomic E-state index is 12.4. The Morgan fingerprint density at radius 1 is 1.40 bits per heavy atom. The number of alkyl halides is 1. The van der Waals surface area contributed by atoms with Gasteiger partial charge in [-0.15, -0.1) is 22.9 Å². The molecule has 5 heteroatoms. The second-order valence-corrected chi connectivity index (χ2v) is 6.63. The predicted octanol–water partition coefficient (Wildman–Crippen LogP) is 3.42. The van der Waals surface area contributed by atoms with Crippen LogP contribution in [0.25, 0.3) is 0 Å². The average molecular weight is 314 g/mol. The number of carbonyl (C=O) groups excluding carboxylic acids is 2. The van der Waals surface area contributed by atoms with E-state index in [4.69, 9.17) is 11.6 Å². The molecule has 1 aromatic rings. The second kappa shape index (κ2) is 6.72. The first kappa shape index (κ1) is 15.5. The van der Waals surface area contributed by atoms with Crippen LogP contribution in [0.2, 0.25) is 0 Å². The van der Waals surface area contributed by atoms with E-state index in [1.807, 2.05) is 4.90 Å². The molecule has 0 fully saturated rings. The fraction of sp³-hybridized carbons (Fsp3) is 0.600. The monoisotopic (exact) mass is 313 g/mol. The summed E-state index contributed by atoms with van der Waals surface area (Å²) < 4.78 is 0. The maximum atomic E-state index is 12.4. The third-order valence-corrected chi connectivity index (χ3v) is 5.34. The van der Waals surface area contributed by atoms with Crippen LogP contribution in [0, 0.1) is 0 Å². The summed E-state index contributed by atoms with van der Waals surface area (Å²) in [7, 11) is 0. The summed E-state index contributed by atoms with van der Waals surface area (Å²) in [6.07, 6.45) is 2.93. The Hall–Kier alpha value is -0.870. The third-order valence-electron chi connectivity index (χ3n) is 3.71. The Kier molecular flexibility index (Phi) is 5.22. The molecule has 1 aromatic heterocycles. The normalized spacial score (nSPS) is 14.2. The van der Waals surface area contributed by atoms with Gasteiger partial charge in [0.1, 0.15) is 0 Å². The van der Waals surface area contributed by atoms with Crippen molar-refractivity contribution in [2.24, 2.45) is 0 Å². The number of hydrogen-bond acceptors (Lipinski definition) is 3. The van der Waals surface area contributed by atoms with E-state index in [9.17, 15) is 9.59 Å². The zero-order valence-corrected chi connectivity index (χ0v) is 13.6. The topological polar surface area (TPSA) is 37.4 Å². The van der Waals surface area contributed by atoms with Crippen molar-refractivity contribution in [3.63, 3.8) is 0 Å². The van der Waals surface area contributed by atoms with Crippen LogP contribution in [0.4, 0.5) is 0 Å². The van der Waals surface area contributed by atoms with Gasteiger partial charge >= 0.3 is 0 Å². The highest BCUT2D eigenvalue weighted by Crippen LogP contribution is 2.34. The third kappa shape index (κ3) is 3.07. The van der Waals surface area contributed by atoms with Crippen LogP contribution in [0.5, 0.6) is 0 Å². The minimum atomic E-state index is 0.108. The molecule has 0 spiro atoms. The van der Waals surface area contributed by atoms with E-state index in [0.29, 0.717) is 18.8 Å². The molecule has 2 heterocycles. The smallest absolute Gasteiger partial charge is 0.219 e. The quantitative estimate of drug-likeness (QED) is 0.617. The molecule has 0 aromatic carbocycles. The SMILES string of the molecule is CCc1sc2c(c1C(=O)CCCCl)CCN(C(C)=O)C2. The maximum Gasteiger partial charge on any atom is 0.219 e. The molecule has 0 saturated carbocycles. The number of nitrogens with zero attached hydrogens (tertiary/aromatic N) is 1. The van der Waals surface area contributed by atoms with Crippen LogP contribution in [-0.2, 0) is 24.2 Å². The van der Waals surface area contributed by atoms with E-state index >= 15 is 0 Å². The fourth-order valence-corrected chi connectivity index (χ4v) is 4.12. The number of aryl methyl sites for hydroxylation is 1. The minimum Gasteiger partial charge on any atom is -0.337 e. The van der Waals surface area contributed by atoms with Crippen LogP contribution >= 0.6 is 22.9 Å². The van der Waals surface area contributed by atoms with Gasteiger partial charge in [0.25, 0.3) is 0 Å². The Morgan fingerprint density at radius 3 is 2.75 bits per heavy atom. The molecule has 1 aliphatic heterocycles. The Morgan fingerprint density at radius 2 is 2.15 bits per heavy atom. The van der Waals surface area contributed by atoms with E-state index in [1.54, 1.807) is 18.3 Å². The molecule has 0 N–H and O–H groups in total. The number of carbonyl (C=O) groups is 2. The first-order chi connectivity index (χ1) is 9.58. The van der Waals surface area contributed by atoms with Crippen LogP contribution in [0.1, 0.15) is 52.4 Å².